The maximum Gasteiger partial charge on any atom is 0.205 e. The van der Waals surface area contributed by atoms with Gasteiger partial charge in [-0.3, -0.25) is 4.79 Å². The zero-order valence-electron chi connectivity index (χ0n) is 9.16. The zero-order chi connectivity index (χ0) is 12.3. The van der Waals surface area contributed by atoms with Crippen LogP contribution in [0.25, 0.3) is 0 Å². The second kappa shape index (κ2) is 5.15. The maximum absolute atomic E-state index is 12.1. The van der Waals surface area contributed by atoms with E-state index in [0.717, 1.165) is 29.6 Å². The lowest BCUT2D eigenvalue weighted by Gasteiger charge is -2.04. The monoisotopic (exact) mass is 290 g/mol. The van der Waals surface area contributed by atoms with Crippen molar-refractivity contribution in [3.63, 3.8) is 0 Å². The highest BCUT2D eigenvalue weighted by Crippen LogP contribution is 2.19. The van der Waals surface area contributed by atoms with Crippen molar-refractivity contribution in [3.8, 4) is 6.07 Å². The van der Waals surface area contributed by atoms with E-state index in [1.807, 2.05) is 6.07 Å². The van der Waals surface area contributed by atoms with Crippen LogP contribution in [0.1, 0.15) is 23.2 Å². The van der Waals surface area contributed by atoms with Crippen molar-refractivity contribution in [3.05, 3.63) is 45.6 Å². The Kier molecular flexibility index (Phi) is 3.60. The average molecular weight is 291 g/mol. The highest BCUT2D eigenvalue weighted by molar-refractivity contribution is 9.10. The average Bonchev–Trinajstić information content (AvgIpc) is 2.84. The number of rotatable bonds is 2. The molecule has 0 bridgehead atoms. The van der Waals surface area contributed by atoms with Gasteiger partial charge in [-0.1, -0.05) is 15.9 Å². The van der Waals surface area contributed by atoms with Crippen LogP contribution in [0.5, 0.6) is 0 Å². The van der Waals surface area contributed by atoms with Crippen LogP contribution in [0, 0.1) is 11.3 Å². The summed E-state index contributed by atoms with van der Waals surface area (Å²) in [5.41, 5.74) is 1.57. The predicted octanol–water partition coefficient (Wildman–Crippen LogP) is 2.79. The third-order valence-corrected chi connectivity index (χ3v) is 3.22. The fourth-order valence-electron chi connectivity index (χ4n) is 1.81. The predicted molar refractivity (Wildman–Crippen MR) is 68.3 cm³/mol. The molecule has 1 aromatic carbocycles. The summed E-state index contributed by atoms with van der Waals surface area (Å²) in [5.74, 6) is -0.204. The maximum atomic E-state index is 12.1. The second-order valence-electron chi connectivity index (χ2n) is 3.83. The Morgan fingerprint density at radius 3 is 2.59 bits per heavy atom. The Bertz CT molecular complexity index is 503. The molecular formula is C13H11BrN2O. The summed E-state index contributed by atoms with van der Waals surface area (Å²) in [7, 11) is 0. The van der Waals surface area contributed by atoms with Gasteiger partial charge < -0.3 is 5.32 Å². The molecule has 1 saturated heterocycles. The molecule has 0 aromatic heterocycles. The summed E-state index contributed by atoms with van der Waals surface area (Å²) in [5, 5.41) is 12.2. The van der Waals surface area contributed by atoms with Gasteiger partial charge in [0, 0.05) is 22.3 Å². The summed E-state index contributed by atoms with van der Waals surface area (Å²) in [6, 6.07) is 9.06. The fourth-order valence-corrected chi connectivity index (χ4v) is 2.07. The minimum Gasteiger partial charge on any atom is -0.387 e. The van der Waals surface area contributed by atoms with Crippen LogP contribution in [0.15, 0.2) is 40.0 Å². The first kappa shape index (κ1) is 11.9. The van der Waals surface area contributed by atoms with Gasteiger partial charge in [0.25, 0.3) is 0 Å². The third kappa shape index (κ3) is 2.56. The molecule has 4 heteroatoms. The van der Waals surface area contributed by atoms with E-state index >= 15 is 0 Å². The number of nitriles is 1. The standard InChI is InChI=1S/C13H11BrN2O/c14-10-5-3-9(4-6-10)13(17)11(8-15)12-2-1-7-16-12/h3-6,16H,1-2,7H2/b12-11+. The number of carbonyl (C=O) groups excluding carboxylic acids is 1. The lowest BCUT2D eigenvalue weighted by atomic mass is 10.0. The van der Waals surface area contributed by atoms with Crippen molar-refractivity contribution >= 4 is 21.7 Å². The zero-order valence-corrected chi connectivity index (χ0v) is 10.8. The molecule has 0 amide bonds. The van der Waals surface area contributed by atoms with Crippen LogP contribution >= 0.6 is 15.9 Å². The van der Waals surface area contributed by atoms with Gasteiger partial charge in [0.05, 0.1) is 0 Å². The quantitative estimate of drug-likeness (QED) is 0.518. The highest BCUT2D eigenvalue weighted by Gasteiger charge is 2.19. The van der Waals surface area contributed by atoms with Crippen molar-refractivity contribution in [2.45, 2.75) is 12.8 Å². The Labute approximate surface area is 108 Å². The largest absolute Gasteiger partial charge is 0.387 e. The van der Waals surface area contributed by atoms with Gasteiger partial charge in [-0.05, 0) is 37.1 Å². The van der Waals surface area contributed by atoms with Gasteiger partial charge in [0.1, 0.15) is 11.6 Å². The van der Waals surface area contributed by atoms with Gasteiger partial charge in [0.15, 0.2) is 0 Å². The molecule has 0 radical (unpaired) electrons. The Balaban J connectivity index is 2.33. The van der Waals surface area contributed by atoms with Gasteiger partial charge in [-0.25, -0.2) is 0 Å². The molecule has 3 nitrogen and oxygen atoms in total. The van der Waals surface area contributed by atoms with Crippen molar-refractivity contribution in [1.82, 2.24) is 5.32 Å². The number of nitrogens with one attached hydrogen (secondary N) is 1. The van der Waals surface area contributed by atoms with E-state index in [9.17, 15) is 4.79 Å². The normalized spacial score (nSPS) is 17.2. The van der Waals surface area contributed by atoms with Gasteiger partial charge in [-0.2, -0.15) is 5.26 Å². The Hall–Kier alpha value is -1.60. The number of hydrogen-bond donors (Lipinski definition) is 1. The van der Waals surface area contributed by atoms with Crippen LogP contribution in [0.3, 0.4) is 0 Å². The van der Waals surface area contributed by atoms with Crippen LogP contribution in [0.4, 0.5) is 0 Å². The second-order valence-corrected chi connectivity index (χ2v) is 4.75. The van der Waals surface area contributed by atoms with Crippen LogP contribution in [0.2, 0.25) is 0 Å². The molecule has 2 rings (SSSR count). The summed E-state index contributed by atoms with van der Waals surface area (Å²) >= 11 is 3.31. The lowest BCUT2D eigenvalue weighted by Crippen LogP contribution is -2.12. The minimum atomic E-state index is -0.204. The van der Waals surface area contributed by atoms with E-state index < -0.39 is 0 Å². The number of hydrogen-bond acceptors (Lipinski definition) is 3. The van der Waals surface area contributed by atoms with Gasteiger partial charge in [-0.15, -0.1) is 0 Å². The van der Waals surface area contributed by atoms with Crippen LogP contribution in [-0.2, 0) is 0 Å². The van der Waals surface area contributed by atoms with Crippen LogP contribution < -0.4 is 5.32 Å². The lowest BCUT2D eigenvalue weighted by molar-refractivity contribution is 0.103. The van der Waals surface area contributed by atoms with E-state index in [1.165, 1.54) is 0 Å². The fraction of sp³-hybridized carbons (Fsp3) is 0.231. The molecule has 17 heavy (non-hydrogen) atoms. The number of Topliss-reactive ketones (excluding diaryl/α,β-unsaturated/α-hetero) is 1. The number of allylic oxidation sites excluding steroid dienone is 2. The number of nitrogens with zero attached hydrogens (tertiary/aromatic N) is 1. The Morgan fingerprint density at radius 2 is 2.06 bits per heavy atom. The molecule has 1 N–H and O–H groups in total. The highest BCUT2D eigenvalue weighted by atomic mass is 79.9. The Morgan fingerprint density at radius 1 is 1.35 bits per heavy atom. The summed E-state index contributed by atoms with van der Waals surface area (Å²) in [4.78, 5) is 12.1. The molecule has 1 fully saturated rings. The molecule has 1 heterocycles. The van der Waals surface area contributed by atoms with E-state index in [0.29, 0.717) is 5.56 Å². The molecule has 0 spiro atoms. The molecular weight excluding hydrogens is 280 g/mol. The first-order chi connectivity index (χ1) is 8.22. The number of halogens is 1. The number of benzene rings is 1. The van der Waals surface area contributed by atoms with Crippen molar-refractivity contribution < 1.29 is 4.79 Å². The molecule has 1 aliphatic rings. The molecule has 0 saturated carbocycles. The number of ketones is 1. The molecule has 1 aromatic rings. The molecule has 0 unspecified atom stereocenters. The van der Waals surface area contributed by atoms with E-state index in [1.54, 1.807) is 24.3 Å². The topological polar surface area (TPSA) is 52.9 Å². The van der Waals surface area contributed by atoms with Crippen molar-refractivity contribution in [1.29, 1.82) is 5.26 Å². The minimum absolute atomic E-state index is 0.204. The van der Waals surface area contributed by atoms with E-state index in [2.05, 4.69) is 21.2 Å². The van der Waals surface area contributed by atoms with Crippen molar-refractivity contribution in [2.24, 2.45) is 0 Å². The molecule has 0 aliphatic carbocycles. The molecule has 1 aliphatic heterocycles. The SMILES string of the molecule is N#C/C(C(=O)c1ccc(Br)cc1)=C1/CCCN1. The first-order valence-electron chi connectivity index (χ1n) is 5.40. The van der Waals surface area contributed by atoms with Gasteiger partial charge >= 0.3 is 0 Å². The van der Waals surface area contributed by atoms with Gasteiger partial charge in [0.2, 0.25) is 5.78 Å². The van der Waals surface area contributed by atoms with Crippen LogP contribution in [-0.4, -0.2) is 12.3 Å². The summed E-state index contributed by atoms with van der Waals surface area (Å²) in [6.45, 7) is 0.841. The molecule has 86 valence electrons. The molecule has 0 atom stereocenters. The van der Waals surface area contributed by atoms with E-state index in [4.69, 9.17) is 5.26 Å². The van der Waals surface area contributed by atoms with E-state index in [-0.39, 0.29) is 11.4 Å². The third-order valence-electron chi connectivity index (χ3n) is 2.69. The smallest absolute Gasteiger partial charge is 0.205 e. The number of carbonyl (C=O) groups is 1. The summed E-state index contributed by atoms with van der Waals surface area (Å²) in [6.07, 6.45) is 1.76. The van der Waals surface area contributed by atoms with Crippen molar-refractivity contribution in [2.75, 3.05) is 6.54 Å². The summed E-state index contributed by atoms with van der Waals surface area (Å²) < 4.78 is 0.916. The first-order valence-corrected chi connectivity index (χ1v) is 6.19.